The normalized spacial score (nSPS) is 11.7. The SMILES string of the molecule is CCn1c(N/N=C(/C)c2cccc(Cl)c2)nc2ccccc2c1=O. The third-order valence-electron chi connectivity index (χ3n) is 3.74. The number of rotatable bonds is 4. The van der Waals surface area contributed by atoms with E-state index in [1.165, 1.54) is 0 Å². The quantitative estimate of drug-likeness (QED) is 0.578. The van der Waals surface area contributed by atoms with Gasteiger partial charge in [0.25, 0.3) is 5.56 Å². The second kappa shape index (κ2) is 6.84. The highest BCUT2D eigenvalue weighted by Crippen LogP contribution is 2.13. The van der Waals surface area contributed by atoms with Gasteiger partial charge in [0.15, 0.2) is 0 Å². The first-order valence-corrected chi connectivity index (χ1v) is 8.03. The van der Waals surface area contributed by atoms with Gasteiger partial charge in [-0.15, -0.1) is 0 Å². The van der Waals surface area contributed by atoms with E-state index in [-0.39, 0.29) is 5.56 Å². The van der Waals surface area contributed by atoms with Gasteiger partial charge < -0.3 is 0 Å². The average Bonchev–Trinajstić information content (AvgIpc) is 2.60. The zero-order valence-electron chi connectivity index (χ0n) is 13.5. The minimum Gasteiger partial charge on any atom is -0.277 e. The predicted molar refractivity (Wildman–Crippen MR) is 99.0 cm³/mol. The summed E-state index contributed by atoms with van der Waals surface area (Å²) in [7, 11) is 0. The van der Waals surface area contributed by atoms with Crippen molar-refractivity contribution in [2.45, 2.75) is 20.4 Å². The van der Waals surface area contributed by atoms with Gasteiger partial charge in [0.1, 0.15) is 0 Å². The first-order valence-electron chi connectivity index (χ1n) is 7.66. The molecule has 0 atom stereocenters. The van der Waals surface area contributed by atoms with Crippen LogP contribution in [0.5, 0.6) is 0 Å². The van der Waals surface area contributed by atoms with Crippen molar-refractivity contribution in [3.05, 3.63) is 69.5 Å². The molecule has 1 N–H and O–H groups in total. The summed E-state index contributed by atoms with van der Waals surface area (Å²) in [6.45, 7) is 4.27. The lowest BCUT2D eigenvalue weighted by atomic mass is 10.1. The second-order valence-corrected chi connectivity index (χ2v) is 5.76. The minimum absolute atomic E-state index is 0.0822. The topological polar surface area (TPSA) is 59.3 Å². The van der Waals surface area contributed by atoms with E-state index in [0.29, 0.717) is 28.4 Å². The van der Waals surface area contributed by atoms with Gasteiger partial charge in [0, 0.05) is 11.6 Å². The standard InChI is InChI=1S/C18H17ClN4O/c1-3-23-17(24)15-9-4-5-10-16(15)20-18(23)22-21-12(2)13-7-6-8-14(19)11-13/h4-11H,3H2,1-2H3,(H,20,22)/b21-12-. The number of anilines is 1. The van der Waals surface area contributed by atoms with Crippen LogP contribution in [0.1, 0.15) is 19.4 Å². The van der Waals surface area contributed by atoms with Crippen LogP contribution in [0.4, 0.5) is 5.95 Å². The first kappa shape index (κ1) is 16.2. The van der Waals surface area contributed by atoms with Gasteiger partial charge in [0.05, 0.1) is 16.6 Å². The fourth-order valence-electron chi connectivity index (χ4n) is 2.46. The maximum Gasteiger partial charge on any atom is 0.262 e. The van der Waals surface area contributed by atoms with Crippen molar-refractivity contribution in [3.63, 3.8) is 0 Å². The third kappa shape index (κ3) is 3.16. The minimum atomic E-state index is -0.0822. The number of hydrogen-bond acceptors (Lipinski definition) is 4. The number of aromatic nitrogens is 2. The molecule has 1 heterocycles. The van der Waals surface area contributed by atoms with Crippen molar-refractivity contribution in [2.24, 2.45) is 5.10 Å². The number of nitrogens with one attached hydrogen (secondary N) is 1. The highest BCUT2D eigenvalue weighted by molar-refractivity contribution is 6.31. The molecule has 0 saturated heterocycles. The molecule has 0 spiro atoms. The van der Waals surface area contributed by atoms with Crippen LogP contribution in [-0.4, -0.2) is 15.3 Å². The Balaban J connectivity index is 2.00. The van der Waals surface area contributed by atoms with E-state index in [4.69, 9.17) is 11.6 Å². The number of benzene rings is 2. The number of para-hydroxylation sites is 1. The Morgan fingerprint density at radius 1 is 1.25 bits per heavy atom. The highest BCUT2D eigenvalue weighted by atomic mass is 35.5. The Kier molecular flexibility index (Phi) is 4.62. The van der Waals surface area contributed by atoms with Crippen LogP contribution in [0.15, 0.2) is 58.4 Å². The predicted octanol–water partition coefficient (Wildman–Crippen LogP) is 3.91. The highest BCUT2D eigenvalue weighted by Gasteiger charge is 2.09. The van der Waals surface area contributed by atoms with Crippen molar-refractivity contribution >= 4 is 34.2 Å². The molecule has 24 heavy (non-hydrogen) atoms. The van der Waals surface area contributed by atoms with Gasteiger partial charge in [0.2, 0.25) is 5.95 Å². The Labute approximate surface area is 144 Å². The Bertz CT molecular complexity index is 978. The Morgan fingerprint density at radius 3 is 2.79 bits per heavy atom. The van der Waals surface area contributed by atoms with Crippen molar-refractivity contribution in [2.75, 3.05) is 5.43 Å². The fraction of sp³-hybridized carbons (Fsp3) is 0.167. The van der Waals surface area contributed by atoms with Gasteiger partial charge in [-0.05, 0) is 43.7 Å². The van der Waals surface area contributed by atoms with Crippen molar-refractivity contribution in [3.8, 4) is 0 Å². The molecule has 3 aromatic rings. The summed E-state index contributed by atoms with van der Waals surface area (Å²) in [4.78, 5) is 17.1. The summed E-state index contributed by atoms with van der Waals surface area (Å²) in [5, 5.41) is 5.60. The van der Waals surface area contributed by atoms with Crippen LogP contribution >= 0.6 is 11.6 Å². The molecule has 0 aliphatic heterocycles. The molecule has 0 aliphatic carbocycles. The monoisotopic (exact) mass is 340 g/mol. The van der Waals surface area contributed by atoms with Crippen LogP contribution in [0, 0.1) is 0 Å². The van der Waals surface area contributed by atoms with E-state index in [2.05, 4.69) is 15.5 Å². The van der Waals surface area contributed by atoms with E-state index < -0.39 is 0 Å². The van der Waals surface area contributed by atoms with Gasteiger partial charge >= 0.3 is 0 Å². The molecule has 0 unspecified atom stereocenters. The number of halogens is 1. The summed E-state index contributed by atoms with van der Waals surface area (Å²) in [5.74, 6) is 0.419. The van der Waals surface area contributed by atoms with E-state index in [0.717, 1.165) is 11.3 Å². The van der Waals surface area contributed by atoms with E-state index in [1.54, 1.807) is 10.6 Å². The average molecular weight is 341 g/mol. The lowest BCUT2D eigenvalue weighted by Crippen LogP contribution is -2.23. The summed E-state index contributed by atoms with van der Waals surface area (Å²) >= 11 is 6.01. The summed E-state index contributed by atoms with van der Waals surface area (Å²) in [6, 6.07) is 14.7. The number of hydrazone groups is 1. The molecule has 0 amide bonds. The van der Waals surface area contributed by atoms with Crippen LogP contribution in [0.25, 0.3) is 10.9 Å². The van der Waals surface area contributed by atoms with Gasteiger partial charge in [-0.1, -0.05) is 35.9 Å². The zero-order valence-corrected chi connectivity index (χ0v) is 14.2. The van der Waals surface area contributed by atoms with Gasteiger partial charge in [-0.3, -0.25) is 9.36 Å². The van der Waals surface area contributed by atoms with Crippen molar-refractivity contribution < 1.29 is 0 Å². The molecule has 122 valence electrons. The molecule has 5 nitrogen and oxygen atoms in total. The third-order valence-corrected chi connectivity index (χ3v) is 3.98. The molecule has 6 heteroatoms. The van der Waals surface area contributed by atoms with Gasteiger partial charge in [-0.2, -0.15) is 5.10 Å². The van der Waals surface area contributed by atoms with E-state index in [1.807, 2.05) is 56.3 Å². The lowest BCUT2D eigenvalue weighted by molar-refractivity contribution is 0.724. The Morgan fingerprint density at radius 2 is 2.04 bits per heavy atom. The number of fused-ring (bicyclic) bond motifs is 1. The van der Waals surface area contributed by atoms with E-state index >= 15 is 0 Å². The first-order chi connectivity index (χ1) is 11.6. The number of nitrogens with zero attached hydrogens (tertiary/aromatic N) is 3. The number of hydrogen-bond donors (Lipinski definition) is 1. The summed E-state index contributed by atoms with van der Waals surface area (Å²) in [6.07, 6.45) is 0. The molecule has 0 saturated carbocycles. The molecule has 2 aromatic carbocycles. The van der Waals surface area contributed by atoms with E-state index in [9.17, 15) is 4.79 Å². The largest absolute Gasteiger partial charge is 0.277 e. The molecular formula is C18H17ClN4O. The molecule has 0 fully saturated rings. The molecule has 0 aliphatic rings. The zero-order chi connectivity index (χ0) is 17.1. The maximum atomic E-state index is 12.6. The van der Waals surface area contributed by atoms with Crippen LogP contribution in [0.2, 0.25) is 5.02 Å². The van der Waals surface area contributed by atoms with Crippen molar-refractivity contribution in [1.82, 2.24) is 9.55 Å². The smallest absolute Gasteiger partial charge is 0.262 e. The molecule has 3 rings (SSSR count). The van der Waals surface area contributed by atoms with Crippen molar-refractivity contribution in [1.29, 1.82) is 0 Å². The lowest BCUT2D eigenvalue weighted by Gasteiger charge is -2.11. The van der Waals surface area contributed by atoms with Crippen LogP contribution in [0.3, 0.4) is 0 Å². The molecular weight excluding hydrogens is 324 g/mol. The molecule has 0 bridgehead atoms. The maximum absolute atomic E-state index is 12.6. The molecule has 0 radical (unpaired) electrons. The Hall–Kier alpha value is -2.66. The summed E-state index contributed by atoms with van der Waals surface area (Å²) in [5.41, 5.74) is 5.13. The van der Waals surface area contributed by atoms with Crippen LogP contribution < -0.4 is 11.0 Å². The second-order valence-electron chi connectivity index (χ2n) is 5.32. The summed E-state index contributed by atoms with van der Waals surface area (Å²) < 4.78 is 1.57. The fourth-order valence-corrected chi connectivity index (χ4v) is 2.65. The van der Waals surface area contributed by atoms with Crippen LogP contribution in [-0.2, 0) is 6.54 Å². The molecule has 1 aromatic heterocycles. The van der Waals surface area contributed by atoms with Gasteiger partial charge in [-0.25, -0.2) is 10.4 Å².